The Kier molecular flexibility index (Phi) is 4.79. The molecule has 0 aliphatic carbocycles. The van der Waals surface area contributed by atoms with Crippen molar-refractivity contribution in [1.29, 1.82) is 0 Å². The van der Waals surface area contributed by atoms with E-state index in [1.807, 2.05) is 31.2 Å². The number of aromatic nitrogens is 1. The molecule has 2 aromatic heterocycles. The van der Waals surface area contributed by atoms with Gasteiger partial charge in [-0.3, -0.25) is 0 Å². The van der Waals surface area contributed by atoms with Gasteiger partial charge in [-0.25, -0.2) is 4.98 Å². The van der Waals surface area contributed by atoms with Gasteiger partial charge in [0.15, 0.2) is 0 Å². The summed E-state index contributed by atoms with van der Waals surface area (Å²) in [5.74, 6) is 0.470. The number of hydrogen-bond donors (Lipinski definition) is 1. The molecule has 0 saturated heterocycles. The van der Waals surface area contributed by atoms with Crippen molar-refractivity contribution >= 4 is 28.3 Å². The van der Waals surface area contributed by atoms with Crippen molar-refractivity contribution in [3.8, 4) is 11.3 Å². The van der Waals surface area contributed by atoms with E-state index in [9.17, 15) is 18.3 Å². The number of aliphatic hydroxyl groups is 1. The van der Waals surface area contributed by atoms with Crippen LogP contribution < -0.4 is 5.01 Å². The van der Waals surface area contributed by atoms with Crippen LogP contribution in [0.25, 0.3) is 17.3 Å². The van der Waals surface area contributed by atoms with E-state index in [0.717, 1.165) is 22.5 Å². The number of benzene rings is 1. The molecule has 29 heavy (non-hydrogen) atoms. The summed E-state index contributed by atoms with van der Waals surface area (Å²) in [5, 5.41) is 16.6. The van der Waals surface area contributed by atoms with Crippen molar-refractivity contribution in [2.75, 3.05) is 5.01 Å². The van der Waals surface area contributed by atoms with Gasteiger partial charge in [0.2, 0.25) is 5.13 Å². The minimum Gasteiger partial charge on any atom is -0.465 e. The number of aryl methyl sites for hydroxylation is 1. The first-order valence-electron chi connectivity index (χ1n) is 8.67. The first-order valence-corrected chi connectivity index (χ1v) is 9.55. The molecule has 1 atom stereocenters. The van der Waals surface area contributed by atoms with E-state index in [4.69, 9.17) is 4.42 Å². The second kappa shape index (κ2) is 7.16. The molecule has 0 radical (unpaired) electrons. The molecule has 0 bridgehead atoms. The zero-order valence-electron chi connectivity index (χ0n) is 15.2. The van der Waals surface area contributed by atoms with Crippen LogP contribution in [0, 0.1) is 6.92 Å². The quantitative estimate of drug-likeness (QED) is 0.628. The van der Waals surface area contributed by atoms with Gasteiger partial charge in [-0.2, -0.15) is 23.3 Å². The Bertz CT molecular complexity index is 1060. The Hall–Kier alpha value is -2.91. The number of alkyl halides is 3. The van der Waals surface area contributed by atoms with E-state index >= 15 is 0 Å². The molecular formula is C20H16F3N3O2S. The molecule has 0 unspecified atom stereocenters. The molecule has 0 amide bonds. The molecule has 3 heterocycles. The fraction of sp³-hybridized carbons (Fsp3) is 0.200. The summed E-state index contributed by atoms with van der Waals surface area (Å²) in [6.45, 7) is 1.94. The molecule has 1 aliphatic rings. The van der Waals surface area contributed by atoms with E-state index < -0.39 is 18.3 Å². The predicted octanol–water partition coefficient (Wildman–Crippen LogP) is 5.24. The number of hydrogen-bond acceptors (Lipinski definition) is 6. The molecule has 1 aliphatic heterocycles. The molecule has 150 valence electrons. The smallest absolute Gasteiger partial charge is 0.438 e. The van der Waals surface area contributed by atoms with Crippen molar-refractivity contribution < 1.29 is 22.7 Å². The molecule has 3 aromatic rings. The first kappa shape index (κ1) is 19.4. The molecule has 0 saturated carbocycles. The molecule has 1 N–H and O–H groups in total. The number of halogens is 3. The summed E-state index contributed by atoms with van der Waals surface area (Å²) in [5.41, 5.74) is -0.752. The zero-order chi connectivity index (χ0) is 20.6. The van der Waals surface area contributed by atoms with E-state index in [1.165, 1.54) is 18.4 Å². The number of thiazole rings is 1. The van der Waals surface area contributed by atoms with Gasteiger partial charge in [0.1, 0.15) is 5.76 Å². The molecule has 5 nitrogen and oxygen atoms in total. The van der Waals surface area contributed by atoms with Crippen LogP contribution in [-0.4, -0.2) is 27.7 Å². The number of allylic oxidation sites excluding steroid dienone is 1. The average molecular weight is 419 g/mol. The summed E-state index contributed by atoms with van der Waals surface area (Å²) < 4.78 is 46.3. The molecule has 4 rings (SSSR count). The lowest BCUT2D eigenvalue weighted by molar-refractivity contribution is -0.254. The lowest BCUT2D eigenvalue weighted by Gasteiger charge is -2.32. The number of hydrazone groups is 1. The Morgan fingerprint density at radius 2 is 1.97 bits per heavy atom. The third-order valence-corrected chi connectivity index (χ3v) is 5.28. The van der Waals surface area contributed by atoms with E-state index in [1.54, 1.807) is 17.5 Å². The standard InChI is InChI=1S/C20H16F3N3O2S/c1-13-4-6-14(7-5-13)17-12-29-18(24-17)26-19(27,20(21,22)23)11-15(25-26)8-9-16-3-2-10-28-16/h2-10,12,27H,11H2,1H3/b9-8+/t19-/m1/s1. The van der Waals surface area contributed by atoms with Crippen LogP contribution >= 0.6 is 11.3 Å². The van der Waals surface area contributed by atoms with E-state index in [0.29, 0.717) is 16.5 Å². The first-order chi connectivity index (χ1) is 13.8. The normalized spacial score (nSPS) is 19.9. The highest BCUT2D eigenvalue weighted by Crippen LogP contribution is 2.44. The molecular weight excluding hydrogens is 403 g/mol. The highest BCUT2D eigenvalue weighted by Gasteiger charge is 2.62. The lowest BCUT2D eigenvalue weighted by Crippen LogP contribution is -2.55. The monoisotopic (exact) mass is 419 g/mol. The maximum absolute atomic E-state index is 13.7. The van der Waals surface area contributed by atoms with Gasteiger partial charge < -0.3 is 9.52 Å². The molecule has 0 spiro atoms. The van der Waals surface area contributed by atoms with Crippen molar-refractivity contribution in [2.24, 2.45) is 5.10 Å². The Balaban J connectivity index is 1.67. The van der Waals surface area contributed by atoms with Crippen molar-refractivity contribution in [1.82, 2.24) is 4.98 Å². The van der Waals surface area contributed by atoms with E-state index in [-0.39, 0.29) is 10.8 Å². The van der Waals surface area contributed by atoms with Gasteiger partial charge in [-0.1, -0.05) is 29.8 Å². The molecule has 1 aromatic carbocycles. The van der Waals surface area contributed by atoms with Gasteiger partial charge >= 0.3 is 6.18 Å². The van der Waals surface area contributed by atoms with Gasteiger partial charge in [0.05, 0.1) is 24.1 Å². The predicted molar refractivity (Wildman–Crippen MR) is 106 cm³/mol. The van der Waals surface area contributed by atoms with Gasteiger partial charge in [0.25, 0.3) is 5.72 Å². The third kappa shape index (κ3) is 3.70. The third-order valence-electron chi connectivity index (χ3n) is 4.46. The summed E-state index contributed by atoms with van der Waals surface area (Å²) in [4.78, 5) is 4.28. The minimum absolute atomic E-state index is 0.0400. The van der Waals surface area contributed by atoms with Crippen LogP contribution in [-0.2, 0) is 0 Å². The van der Waals surface area contributed by atoms with Gasteiger partial charge in [0, 0.05) is 10.9 Å². The van der Waals surface area contributed by atoms with Crippen molar-refractivity contribution in [3.05, 3.63) is 65.4 Å². The van der Waals surface area contributed by atoms with Gasteiger partial charge in [-0.15, -0.1) is 11.3 Å². The minimum atomic E-state index is -4.92. The summed E-state index contributed by atoms with van der Waals surface area (Å²) in [6.07, 6.45) is -1.29. The summed E-state index contributed by atoms with van der Waals surface area (Å²) in [7, 11) is 0. The highest BCUT2D eigenvalue weighted by molar-refractivity contribution is 7.14. The topological polar surface area (TPSA) is 61.9 Å². The van der Waals surface area contributed by atoms with Crippen LogP contribution in [0.4, 0.5) is 18.3 Å². The Morgan fingerprint density at radius 1 is 1.21 bits per heavy atom. The average Bonchev–Trinajstić information content (AvgIpc) is 3.40. The number of furan rings is 1. The highest BCUT2D eigenvalue weighted by atomic mass is 32.1. The molecule has 9 heteroatoms. The van der Waals surface area contributed by atoms with Crippen LogP contribution in [0.1, 0.15) is 17.7 Å². The fourth-order valence-corrected chi connectivity index (χ4v) is 3.72. The van der Waals surface area contributed by atoms with Crippen LogP contribution in [0.5, 0.6) is 0 Å². The summed E-state index contributed by atoms with van der Waals surface area (Å²) in [6, 6.07) is 10.8. The maximum atomic E-state index is 13.7. The van der Waals surface area contributed by atoms with Gasteiger partial charge in [-0.05, 0) is 31.2 Å². The van der Waals surface area contributed by atoms with Crippen molar-refractivity contribution in [2.45, 2.75) is 25.2 Å². The lowest BCUT2D eigenvalue weighted by atomic mass is 10.1. The largest absolute Gasteiger partial charge is 0.465 e. The Labute approximate surface area is 168 Å². The van der Waals surface area contributed by atoms with Crippen LogP contribution in [0.3, 0.4) is 0 Å². The molecule has 0 fully saturated rings. The van der Waals surface area contributed by atoms with Crippen LogP contribution in [0.2, 0.25) is 0 Å². The fourth-order valence-electron chi connectivity index (χ4n) is 2.87. The zero-order valence-corrected chi connectivity index (χ0v) is 16.0. The second-order valence-corrected chi connectivity index (χ2v) is 7.46. The SMILES string of the molecule is Cc1ccc(-c2csc(N3N=C(/C=C/c4ccco4)C[C@@]3(O)C(F)(F)F)n2)cc1. The van der Waals surface area contributed by atoms with Crippen LogP contribution in [0.15, 0.2) is 63.6 Å². The van der Waals surface area contributed by atoms with E-state index in [2.05, 4.69) is 10.1 Å². The number of rotatable bonds is 4. The summed E-state index contributed by atoms with van der Waals surface area (Å²) >= 11 is 0.987. The number of nitrogens with zero attached hydrogens (tertiary/aromatic N) is 3. The van der Waals surface area contributed by atoms with Crippen molar-refractivity contribution in [3.63, 3.8) is 0 Å². The maximum Gasteiger partial charge on any atom is 0.438 e. The second-order valence-electron chi connectivity index (χ2n) is 6.62. The number of anilines is 1. The Morgan fingerprint density at radius 3 is 2.62 bits per heavy atom.